The van der Waals surface area contributed by atoms with Crippen LogP contribution in [0.4, 0.5) is 0 Å². The van der Waals surface area contributed by atoms with E-state index < -0.39 is 6.10 Å². The summed E-state index contributed by atoms with van der Waals surface area (Å²) in [6.07, 6.45) is -0.580. The van der Waals surface area contributed by atoms with Gasteiger partial charge >= 0.3 is 0 Å². The van der Waals surface area contributed by atoms with Crippen LogP contribution in [0.25, 0.3) is 0 Å². The summed E-state index contributed by atoms with van der Waals surface area (Å²) in [5.74, 6) is 0. The van der Waals surface area contributed by atoms with E-state index in [9.17, 15) is 5.11 Å². The first-order valence-corrected chi connectivity index (χ1v) is 5.92. The Balaban J connectivity index is 2.17. The van der Waals surface area contributed by atoms with Crippen molar-refractivity contribution in [1.29, 1.82) is 0 Å². The molecule has 1 unspecified atom stereocenters. The van der Waals surface area contributed by atoms with Crippen molar-refractivity contribution in [2.24, 2.45) is 0 Å². The first kappa shape index (κ1) is 14.4. The van der Waals surface area contributed by atoms with Gasteiger partial charge < -0.3 is 20.3 Å². The Kier molecular flexibility index (Phi) is 7.16. The molecule has 0 saturated heterocycles. The summed E-state index contributed by atoms with van der Waals surface area (Å²) in [6, 6.07) is 7.45. The molecule has 1 atom stereocenters. The molecule has 0 spiro atoms. The average molecular weight is 260 g/mol. The van der Waals surface area contributed by atoms with Crippen LogP contribution in [0.3, 0.4) is 0 Å². The van der Waals surface area contributed by atoms with Crippen molar-refractivity contribution >= 4 is 11.6 Å². The first-order valence-electron chi connectivity index (χ1n) is 5.55. The van der Waals surface area contributed by atoms with E-state index in [-0.39, 0.29) is 13.2 Å². The van der Waals surface area contributed by atoms with Crippen LogP contribution in [0.15, 0.2) is 24.3 Å². The van der Waals surface area contributed by atoms with E-state index in [1.165, 1.54) is 0 Å². The molecule has 0 aliphatic rings. The van der Waals surface area contributed by atoms with Crippen LogP contribution < -0.4 is 5.32 Å². The molecule has 0 amide bonds. The van der Waals surface area contributed by atoms with Crippen LogP contribution in [-0.2, 0) is 11.3 Å². The molecule has 0 fully saturated rings. The maximum Gasteiger partial charge on any atom is 0.0897 e. The largest absolute Gasteiger partial charge is 0.395 e. The zero-order valence-electron chi connectivity index (χ0n) is 9.60. The predicted octanol–water partition coefficient (Wildman–Crippen LogP) is 0.799. The number of hydrogen-bond donors (Lipinski definition) is 3. The minimum atomic E-state index is -0.580. The zero-order chi connectivity index (χ0) is 12.5. The lowest BCUT2D eigenvalue weighted by molar-refractivity contribution is 0.0285. The molecule has 3 N–H and O–H groups in total. The third-order valence-corrected chi connectivity index (χ3v) is 2.56. The summed E-state index contributed by atoms with van der Waals surface area (Å²) in [7, 11) is 0. The second-order valence-electron chi connectivity index (χ2n) is 3.69. The van der Waals surface area contributed by atoms with Gasteiger partial charge in [0.05, 0.1) is 25.9 Å². The monoisotopic (exact) mass is 259 g/mol. The van der Waals surface area contributed by atoms with E-state index >= 15 is 0 Å². The fraction of sp³-hybridized carbons (Fsp3) is 0.500. The van der Waals surface area contributed by atoms with E-state index in [1.54, 1.807) is 6.07 Å². The highest BCUT2D eigenvalue weighted by molar-refractivity contribution is 6.31. The molecule has 0 saturated carbocycles. The Morgan fingerprint density at radius 1 is 1.35 bits per heavy atom. The quantitative estimate of drug-likeness (QED) is 0.605. The van der Waals surface area contributed by atoms with Crippen molar-refractivity contribution in [2.45, 2.75) is 12.7 Å². The lowest BCUT2D eigenvalue weighted by atomic mass is 10.2. The van der Waals surface area contributed by atoms with Crippen LogP contribution >= 0.6 is 11.6 Å². The minimum absolute atomic E-state index is 0.0627. The van der Waals surface area contributed by atoms with Gasteiger partial charge in [0.1, 0.15) is 0 Å². The molecular weight excluding hydrogens is 242 g/mol. The molecule has 0 aliphatic heterocycles. The molecule has 0 radical (unpaired) electrons. The van der Waals surface area contributed by atoms with Gasteiger partial charge in [-0.3, -0.25) is 0 Å². The highest BCUT2D eigenvalue weighted by atomic mass is 35.5. The van der Waals surface area contributed by atoms with Crippen LogP contribution in [0, 0.1) is 0 Å². The summed E-state index contributed by atoms with van der Waals surface area (Å²) in [6.45, 7) is 1.57. The lowest BCUT2D eigenvalue weighted by Crippen LogP contribution is -2.32. The van der Waals surface area contributed by atoms with Gasteiger partial charge in [-0.05, 0) is 11.6 Å². The van der Waals surface area contributed by atoms with Gasteiger partial charge in [-0.15, -0.1) is 0 Å². The summed E-state index contributed by atoms with van der Waals surface area (Å²) in [5.41, 5.74) is 0.907. The van der Waals surface area contributed by atoms with Gasteiger partial charge in [0.2, 0.25) is 0 Å². The van der Waals surface area contributed by atoms with Gasteiger partial charge in [-0.1, -0.05) is 29.8 Å². The second-order valence-corrected chi connectivity index (χ2v) is 4.10. The molecule has 5 heteroatoms. The molecule has 1 rings (SSSR count). The molecule has 1 aromatic rings. The van der Waals surface area contributed by atoms with E-state index in [0.29, 0.717) is 24.7 Å². The van der Waals surface area contributed by atoms with Crippen molar-refractivity contribution in [2.75, 3.05) is 26.3 Å². The second kappa shape index (κ2) is 8.44. The molecule has 0 aliphatic carbocycles. The van der Waals surface area contributed by atoms with E-state index in [4.69, 9.17) is 21.4 Å². The number of ether oxygens (including phenoxy) is 1. The van der Waals surface area contributed by atoms with Gasteiger partial charge in [0.25, 0.3) is 0 Å². The Hall–Kier alpha value is -0.650. The number of aliphatic hydroxyl groups is 2. The Morgan fingerprint density at radius 2 is 2.12 bits per heavy atom. The number of aliphatic hydroxyl groups excluding tert-OH is 2. The third-order valence-electron chi connectivity index (χ3n) is 2.19. The molecule has 17 heavy (non-hydrogen) atoms. The van der Waals surface area contributed by atoms with Crippen LogP contribution in [0.1, 0.15) is 5.56 Å². The molecule has 1 aromatic carbocycles. The van der Waals surface area contributed by atoms with Crippen molar-refractivity contribution in [1.82, 2.24) is 5.32 Å². The summed E-state index contributed by atoms with van der Waals surface area (Å²) in [4.78, 5) is 0. The summed E-state index contributed by atoms with van der Waals surface area (Å²) >= 11 is 5.96. The van der Waals surface area contributed by atoms with Gasteiger partial charge in [-0.25, -0.2) is 0 Å². The number of rotatable bonds is 8. The number of hydrogen-bond acceptors (Lipinski definition) is 4. The molecular formula is C12H18ClNO3. The normalized spacial score (nSPS) is 12.6. The van der Waals surface area contributed by atoms with E-state index in [1.807, 2.05) is 18.2 Å². The molecule has 0 aromatic heterocycles. The smallest absolute Gasteiger partial charge is 0.0897 e. The average Bonchev–Trinajstić information content (AvgIpc) is 2.32. The van der Waals surface area contributed by atoms with E-state index in [2.05, 4.69) is 5.32 Å². The predicted molar refractivity (Wildman–Crippen MR) is 67.1 cm³/mol. The fourth-order valence-electron chi connectivity index (χ4n) is 1.33. The SMILES string of the molecule is OCCNCC(O)COCc1ccccc1Cl. The first-order chi connectivity index (χ1) is 8.24. The number of benzene rings is 1. The zero-order valence-corrected chi connectivity index (χ0v) is 10.4. The van der Waals surface area contributed by atoms with Crippen molar-refractivity contribution in [3.8, 4) is 0 Å². The van der Waals surface area contributed by atoms with Crippen molar-refractivity contribution in [3.05, 3.63) is 34.9 Å². The van der Waals surface area contributed by atoms with Crippen LogP contribution in [0.5, 0.6) is 0 Å². The summed E-state index contributed by atoms with van der Waals surface area (Å²) < 4.78 is 5.36. The lowest BCUT2D eigenvalue weighted by Gasteiger charge is -2.12. The van der Waals surface area contributed by atoms with Gasteiger partial charge in [0, 0.05) is 18.1 Å². The Morgan fingerprint density at radius 3 is 2.82 bits per heavy atom. The van der Waals surface area contributed by atoms with Crippen molar-refractivity contribution in [3.63, 3.8) is 0 Å². The highest BCUT2D eigenvalue weighted by Gasteiger charge is 2.04. The maximum atomic E-state index is 9.52. The van der Waals surface area contributed by atoms with Gasteiger partial charge in [-0.2, -0.15) is 0 Å². The van der Waals surface area contributed by atoms with E-state index in [0.717, 1.165) is 5.56 Å². The number of halogens is 1. The molecule has 0 bridgehead atoms. The Bertz CT molecular complexity index is 322. The molecule has 4 nitrogen and oxygen atoms in total. The molecule has 96 valence electrons. The molecule has 0 heterocycles. The fourth-order valence-corrected chi connectivity index (χ4v) is 1.52. The van der Waals surface area contributed by atoms with Gasteiger partial charge in [0.15, 0.2) is 0 Å². The Labute approximate surface area is 106 Å². The van der Waals surface area contributed by atoms with Crippen LogP contribution in [0.2, 0.25) is 5.02 Å². The topological polar surface area (TPSA) is 61.7 Å². The summed E-state index contributed by atoms with van der Waals surface area (Å²) in [5, 5.41) is 21.6. The highest BCUT2D eigenvalue weighted by Crippen LogP contribution is 2.15. The standard InChI is InChI=1S/C12H18ClNO3/c13-12-4-2-1-3-10(12)8-17-9-11(16)7-14-5-6-15/h1-4,11,14-16H,5-9H2. The minimum Gasteiger partial charge on any atom is -0.395 e. The van der Waals surface area contributed by atoms with Crippen molar-refractivity contribution < 1.29 is 14.9 Å². The maximum absolute atomic E-state index is 9.52. The third kappa shape index (κ3) is 6.00. The van der Waals surface area contributed by atoms with Crippen LogP contribution in [-0.4, -0.2) is 42.6 Å². The number of nitrogens with one attached hydrogen (secondary N) is 1.